The first kappa shape index (κ1) is 16.8. The van der Waals surface area contributed by atoms with Crippen LogP contribution in [0.2, 0.25) is 0 Å². The maximum absolute atomic E-state index is 12.2. The maximum Gasteiger partial charge on any atom is 0.319 e. The standard InChI is InChI=1S/C17H23N5OS/c1-12(2)24-10-13-4-3-5-14(8-13)20-17(23)21-15-6-7-16-18-11-19-22(16)9-15/h3-5,8,11-12,15H,6-7,9-10H2,1-2H3,(H2,20,21,23). The van der Waals surface area contributed by atoms with Crippen LogP contribution in [0.25, 0.3) is 0 Å². The monoisotopic (exact) mass is 345 g/mol. The lowest BCUT2D eigenvalue weighted by Crippen LogP contribution is -2.43. The fraction of sp³-hybridized carbons (Fsp3) is 0.471. The van der Waals surface area contributed by atoms with E-state index in [4.69, 9.17) is 0 Å². The number of carbonyl (C=O) groups is 1. The maximum atomic E-state index is 12.2. The van der Waals surface area contributed by atoms with Crippen molar-refractivity contribution in [3.05, 3.63) is 42.0 Å². The number of nitrogens with zero attached hydrogens (tertiary/aromatic N) is 3. The highest BCUT2D eigenvalue weighted by Gasteiger charge is 2.21. The number of amides is 2. The van der Waals surface area contributed by atoms with Crippen molar-refractivity contribution in [2.24, 2.45) is 0 Å². The summed E-state index contributed by atoms with van der Waals surface area (Å²) in [6.07, 6.45) is 3.29. The zero-order valence-corrected chi connectivity index (χ0v) is 14.8. The van der Waals surface area contributed by atoms with Gasteiger partial charge in [0, 0.05) is 17.9 Å². The first-order valence-electron chi connectivity index (χ1n) is 8.25. The number of benzene rings is 1. The summed E-state index contributed by atoms with van der Waals surface area (Å²) in [4.78, 5) is 16.4. The lowest BCUT2D eigenvalue weighted by Gasteiger charge is -2.23. The van der Waals surface area contributed by atoms with E-state index in [1.165, 1.54) is 5.56 Å². The number of rotatable bonds is 5. The number of hydrogen-bond donors (Lipinski definition) is 2. The Labute approximate surface area is 146 Å². The highest BCUT2D eigenvalue weighted by molar-refractivity contribution is 7.99. The van der Waals surface area contributed by atoms with Crippen LogP contribution >= 0.6 is 11.8 Å². The Morgan fingerprint density at radius 2 is 2.33 bits per heavy atom. The molecule has 7 heteroatoms. The molecule has 128 valence electrons. The third-order valence-electron chi connectivity index (χ3n) is 3.91. The number of carbonyl (C=O) groups excluding carboxylic acids is 1. The van der Waals surface area contributed by atoms with Gasteiger partial charge in [-0.3, -0.25) is 0 Å². The second-order valence-electron chi connectivity index (χ2n) is 6.25. The fourth-order valence-electron chi connectivity index (χ4n) is 2.71. The van der Waals surface area contributed by atoms with E-state index in [-0.39, 0.29) is 12.1 Å². The molecule has 1 aromatic carbocycles. The van der Waals surface area contributed by atoms with E-state index in [0.717, 1.165) is 30.1 Å². The Balaban J connectivity index is 1.53. The normalized spacial score (nSPS) is 16.7. The van der Waals surface area contributed by atoms with E-state index < -0.39 is 0 Å². The Bertz CT molecular complexity index is 700. The molecule has 0 saturated carbocycles. The molecule has 0 spiro atoms. The summed E-state index contributed by atoms with van der Waals surface area (Å²) in [7, 11) is 0. The number of urea groups is 1. The summed E-state index contributed by atoms with van der Waals surface area (Å²) >= 11 is 1.89. The van der Waals surface area contributed by atoms with Gasteiger partial charge in [-0.15, -0.1) is 0 Å². The molecule has 0 bridgehead atoms. The molecule has 0 aliphatic carbocycles. The third-order valence-corrected chi connectivity index (χ3v) is 5.08. The quantitative estimate of drug-likeness (QED) is 0.874. The van der Waals surface area contributed by atoms with Gasteiger partial charge in [0.1, 0.15) is 12.2 Å². The van der Waals surface area contributed by atoms with Crippen molar-refractivity contribution in [1.82, 2.24) is 20.1 Å². The molecule has 2 N–H and O–H groups in total. The third kappa shape index (κ3) is 4.50. The van der Waals surface area contributed by atoms with Crippen molar-refractivity contribution in [3.8, 4) is 0 Å². The van der Waals surface area contributed by atoms with E-state index in [0.29, 0.717) is 11.8 Å². The molecule has 1 atom stereocenters. The van der Waals surface area contributed by atoms with Crippen LogP contribution in [0.3, 0.4) is 0 Å². The van der Waals surface area contributed by atoms with Crippen LogP contribution in [0, 0.1) is 0 Å². The molecule has 24 heavy (non-hydrogen) atoms. The fourth-order valence-corrected chi connectivity index (χ4v) is 3.42. The number of hydrogen-bond acceptors (Lipinski definition) is 4. The number of aryl methyl sites for hydroxylation is 1. The van der Waals surface area contributed by atoms with Gasteiger partial charge in [-0.2, -0.15) is 16.9 Å². The lowest BCUT2D eigenvalue weighted by molar-refractivity contribution is 0.243. The van der Waals surface area contributed by atoms with Crippen LogP contribution in [0.1, 0.15) is 31.7 Å². The van der Waals surface area contributed by atoms with E-state index in [2.05, 4.69) is 40.6 Å². The Hall–Kier alpha value is -2.02. The predicted octanol–water partition coefficient (Wildman–Crippen LogP) is 3.06. The average molecular weight is 345 g/mol. The summed E-state index contributed by atoms with van der Waals surface area (Å²) < 4.78 is 1.86. The number of fused-ring (bicyclic) bond motifs is 1. The molecular formula is C17H23N5OS. The minimum absolute atomic E-state index is 0.0823. The van der Waals surface area contributed by atoms with Crippen molar-refractivity contribution in [2.45, 2.75) is 50.3 Å². The zero-order chi connectivity index (χ0) is 16.9. The minimum atomic E-state index is -0.169. The molecule has 2 heterocycles. The van der Waals surface area contributed by atoms with E-state index >= 15 is 0 Å². The van der Waals surface area contributed by atoms with Crippen LogP contribution in [-0.2, 0) is 18.7 Å². The SMILES string of the molecule is CC(C)SCc1cccc(NC(=O)NC2CCc3ncnn3C2)c1. The van der Waals surface area contributed by atoms with Gasteiger partial charge in [0.15, 0.2) is 0 Å². The highest BCUT2D eigenvalue weighted by Crippen LogP contribution is 2.20. The molecule has 1 aromatic heterocycles. The Morgan fingerprint density at radius 1 is 1.46 bits per heavy atom. The smallest absolute Gasteiger partial charge is 0.319 e. The number of aromatic nitrogens is 3. The van der Waals surface area contributed by atoms with Gasteiger partial charge in [-0.25, -0.2) is 14.5 Å². The molecule has 0 radical (unpaired) electrons. The topological polar surface area (TPSA) is 71.8 Å². The summed E-state index contributed by atoms with van der Waals surface area (Å²) in [6.45, 7) is 5.05. The van der Waals surface area contributed by atoms with Crippen LogP contribution in [-0.4, -0.2) is 32.1 Å². The number of nitrogens with one attached hydrogen (secondary N) is 2. The van der Waals surface area contributed by atoms with E-state index in [9.17, 15) is 4.79 Å². The molecule has 1 aliphatic rings. The molecule has 2 aromatic rings. The van der Waals surface area contributed by atoms with Gasteiger partial charge in [-0.1, -0.05) is 26.0 Å². The van der Waals surface area contributed by atoms with Crippen LogP contribution in [0.15, 0.2) is 30.6 Å². The van der Waals surface area contributed by atoms with Crippen molar-refractivity contribution in [2.75, 3.05) is 5.32 Å². The van der Waals surface area contributed by atoms with Gasteiger partial charge < -0.3 is 10.6 Å². The van der Waals surface area contributed by atoms with Crippen molar-refractivity contribution in [3.63, 3.8) is 0 Å². The predicted molar refractivity (Wildman–Crippen MR) is 97.2 cm³/mol. The molecule has 0 fully saturated rings. The van der Waals surface area contributed by atoms with E-state index in [1.807, 2.05) is 34.6 Å². The number of thioether (sulfide) groups is 1. The summed E-state index contributed by atoms with van der Waals surface area (Å²) in [6, 6.07) is 7.93. The van der Waals surface area contributed by atoms with Crippen molar-refractivity contribution < 1.29 is 4.79 Å². The van der Waals surface area contributed by atoms with Gasteiger partial charge in [0.05, 0.1) is 12.6 Å². The Morgan fingerprint density at radius 3 is 3.17 bits per heavy atom. The molecule has 2 amide bonds. The minimum Gasteiger partial charge on any atom is -0.333 e. The average Bonchev–Trinajstić information content (AvgIpc) is 3.01. The van der Waals surface area contributed by atoms with Crippen LogP contribution in [0.4, 0.5) is 10.5 Å². The summed E-state index contributed by atoms with van der Waals surface area (Å²) in [5.74, 6) is 1.94. The second kappa shape index (κ2) is 7.70. The Kier molecular flexibility index (Phi) is 5.40. The van der Waals surface area contributed by atoms with Gasteiger partial charge >= 0.3 is 6.03 Å². The van der Waals surface area contributed by atoms with Crippen molar-refractivity contribution >= 4 is 23.5 Å². The van der Waals surface area contributed by atoms with Gasteiger partial charge in [-0.05, 0) is 29.4 Å². The van der Waals surface area contributed by atoms with Crippen LogP contribution in [0.5, 0.6) is 0 Å². The molecule has 0 saturated heterocycles. The lowest BCUT2D eigenvalue weighted by atomic mass is 10.1. The largest absolute Gasteiger partial charge is 0.333 e. The summed E-state index contributed by atoms with van der Waals surface area (Å²) in [5.41, 5.74) is 2.04. The van der Waals surface area contributed by atoms with Crippen molar-refractivity contribution in [1.29, 1.82) is 0 Å². The van der Waals surface area contributed by atoms with Gasteiger partial charge in [0.2, 0.25) is 0 Å². The molecule has 1 unspecified atom stereocenters. The number of anilines is 1. The zero-order valence-electron chi connectivity index (χ0n) is 14.0. The highest BCUT2D eigenvalue weighted by atomic mass is 32.2. The molecule has 1 aliphatic heterocycles. The summed E-state index contributed by atoms with van der Waals surface area (Å²) in [5, 5.41) is 10.7. The van der Waals surface area contributed by atoms with Crippen LogP contribution < -0.4 is 10.6 Å². The molecular weight excluding hydrogens is 322 g/mol. The van der Waals surface area contributed by atoms with Gasteiger partial charge in [0.25, 0.3) is 0 Å². The second-order valence-corrected chi connectivity index (χ2v) is 7.82. The van der Waals surface area contributed by atoms with E-state index in [1.54, 1.807) is 6.33 Å². The first-order valence-corrected chi connectivity index (χ1v) is 9.30. The molecule has 6 nitrogen and oxygen atoms in total. The molecule has 3 rings (SSSR count). The first-order chi connectivity index (χ1) is 11.6.